The molecule has 2 aromatic rings. The Kier molecular flexibility index (Phi) is 6.94. The fourth-order valence-corrected chi connectivity index (χ4v) is 3.56. The number of sulfone groups is 1. The van der Waals surface area contributed by atoms with Crippen LogP contribution < -0.4 is 10.6 Å². The topological polar surface area (TPSA) is 70.6 Å². The van der Waals surface area contributed by atoms with E-state index < -0.39 is 9.84 Å². The molecule has 25 heavy (non-hydrogen) atoms. The number of aliphatic imine (C=N–C) groups is 1. The van der Waals surface area contributed by atoms with Gasteiger partial charge in [0.25, 0.3) is 0 Å². The molecule has 0 spiro atoms. The molecule has 2 rings (SSSR count). The third-order valence-corrected chi connectivity index (χ3v) is 5.40. The van der Waals surface area contributed by atoms with E-state index in [4.69, 9.17) is 0 Å². The van der Waals surface area contributed by atoms with Gasteiger partial charge < -0.3 is 10.6 Å². The van der Waals surface area contributed by atoms with Crippen LogP contribution >= 0.6 is 0 Å². The van der Waals surface area contributed by atoms with Crippen LogP contribution in [0.5, 0.6) is 0 Å². The molecule has 0 unspecified atom stereocenters. The summed E-state index contributed by atoms with van der Waals surface area (Å²) in [6, 6.07) is 14.6. The minimum Gasteiger partial charge on any atom is -0.356 e. The van der Waals surface area contributed by atoms with Crippen molar-refractivity contribution in [1.82, 2.24) is 10.6 Å². The van der Waals surface area contributed by atoms with Crippen LogP contribution in [0.4, 0.5) is 4.39 Å². The average molecular weight is 363 g/mol. The highest BCUT2D eigenvalue weighted by molar-refractivity contribution is 7.91. The maximum absolute atomic E-state index is 12.9. The van der Waals surface area contributed by atoms with Crippen LogP contribution in [-0.2, 0) is 16.4 Å². The Morgan fingerprint density at radius 2 is 1.72 bits per heavy atom. The van der Waals surface area contributed by atoms with Gasteiger partial charge in [-0.1, -0.05) is 30.3 Å². The first-order valence-electron chi connectivity index (χ1n) is 7.98. The molecule has 0 saturated carbocycles. The number of benzene rings is 2. The van der Waals surface area contributed by atoms with E-state index in [1.165, 1.54) is 12.1 Å². The summed E-state index contributed by atoms with van der Waals surface area (Å²) >= 11 is 0. The van der Waals surface area contributed by atoms with E-state index in [0.29, 0.717) is 30.4 Å². The van der Waals surface area contributed by atoms with E-state index >= 15 is 0 Å². The van der Waals surface area contributed by atoms with Crippen molar-refractivity contribution in [3.05, 3.63) is 66.0 Å². The summed E-state index contributed by atoms with van der Waals surface area (Å²) in [6.45, 7) is 0.984. The highest BCUT2D eigenvalue weighted by atomic mass is 32.2. The fourth-order valence-electron chi connectivity index (χ4n) is 2.22. The number of guanidine groups is 1. The lowest BCUT2D eigenvalue weighted by atomic mass is 10.2. The first-order chi connectivity index (χ1) is 12.0. The Bertz CT molecular complexity index is 791. The van der Waals surface area contributed by atoms with E-state index in [1.54, 1.807) is 49.5 Å². The molecule has 0 aliphatic carbocycles. The maximum atomic E-state index is 12.9. The van der Waals surface area contributed by atoms with Crippen LogP contribution in [0.2, 0.25) is 0 Å². The summed E-state index contributed by atoms with van der Waals surface area (Å²) in [5.74, 6) is 0.367. The molecule has 2 aromatic carbocycles. The van der Waals surface area contributed by atoms with Crippen LogP contribution in [0.3, 0.4) is 0 Å². The molecule has 0 heterocycles. The van der Waals surface area contributed by atoms with Gasteiger partial charge in [0.1, 0.15) is 5.82 Å². The van der Waals surface area contributed by atoms with E-state index in [9.17, 15) is 12.8 Å². The minimum atomic E-state index is -3.26. The first kappa shape index (κ1) is 18.9. The molecule has 0 aliphatic rings. The van der Waals surface area contributed by atoms with Crippen LogP contribution in [0.25, 0.3) is 0 Å². The van der Waals surface area contributed by atoms with Gasteiger partial charge in [-0.05, 0) is 36.2 Å². The maximum Gasteiger partial charge on any atom is 0.191 e. The second-order valence-electron chi connectivity index (χ2n) is 5.46. The highest BCUT2D eigenvalue weighted by Gasteiger charge is 2.13. The molecule has 7 heteroatoms. The van der Waals surface area contributed by atoms with Gasteiger partial charge in [-0.3, -0.25) is 4.99 Å². The zero-order valence-corrected chi connectivity index (χ0v) is 14.9. The number of hydrogen-bond acceptors (Lipinski definition) is 3. The van der Waals surface area contributed by atoms with Crippen molar-refractivity contribution < 1.29 is 12.8 Å². The summed E-state index contributed by atoms with van der Waals surface area (Å²) in [4.78, 5) is 4.43. The predicted octanol–water partition coefficient (Wildman–Crippen LogP) is 2.35. The van der Waals surface area contributed by atoms with Crippen molar-refractivity contribution in [1.29, 1.82) is 0 Å². The first-order valence-corrected chi connectivity index (χ1v) is 9.63. The molecule has 5 nitrogen and oxygen atoms in total. The van der Waals surface area contributed by atoms with E-state index in [-0.39, 0.29) is 11.6 Å². The quantitative estimate of drug-likeness (QED) is 0.450. The second-order valence-corrected chi connectivity index (χ2v) is 7.57. The Hall–Kier alpha value is -2.41. The molecular weight excluding hydrogens is 341 g/mol. The Morgan fingerprint density at radius 1 is 1.04 bits per heavy atom. The summed E-state index contributed by atoms with van der Waals surface area (Å²) < 4.78 is 37.2. The standard InChI is InChI=1S/C18H22FN3O2S/c1-20-18(22-14-15-8-10-16(19)11-9-15)21-12-5-13-25(23,24)17-6-3-2-4-7-17/h2-4,6-11H,5,12-14H2,1H3,(H2,20,21,22). The lowest BCUT2D eigenvalue weighted by Gasteiger charge is -2.12. The molecule has 2 N–H and O–H groups in total. The largest absolute Gasteiger partial charge is 0.356 e. The fraction of sp³-hybridized carbons (Fsp3) is 0.278. The van der Waals surface area contributed by atoms with Crippen LogP contribution in [0.1, 0.15) is 12.0 Å². The summed E-state index contributed by atoms with van der Waals surface area (Å²) in [6.07, 6.45) is 0.467. The van der Waals surface area contributed by atoms with Crippen molar-refractivity contribution in [2.45, 2.75) is 17.9 Å². The summed E-state index contributed by atoms with van der Waals surface area (Å²) in [7, 11) is -1.62. The molecule has 0 saturated heterocycles. The van der Waals surface area contributed by atoms with Gasteiger partial charge in [0, 0.05) is 20.1 Å². The summed E-state index contributed by atoms with van der Waals surface area (Å²) in [5.41, 5.74) is 0.927. The van der Waals surface area contributed by atoms with Gasteiger partial charge >= 0.3 is 0 Å². The lowest BCUT2D eigenvalue weighted by molar-refractivity contribution is 0.592. The molecule has 0 atom stereocenters. The van der Waals surface area contributed by atoms with Gasteiger partial charge in [0.15, 0.2) is 15.8 Å². The van der Waals surface area contributed by atoms with Crippen molar-refractivity contribution in [2.24, 2.45) is 4.99 Å². The Labute approximate surface area is 147 Å². The molecule has 0 radical (unpaired) electrons. The number of nitrogens with zero attached hydrogens (tertiary/aromatic N) is 1. The monoisotopic (exact) mass is 363 g/mol. The highest BCUT2D eigenvalue weighted by Crippen LogP contribution is 2.10. The number of rotatable bonds is 7. The summed E-state index contributed by atoms with van der Waals surface area (Å²) in [5, 5.41) is 6.18. The van der Waals surface area contributed by atoms with E-state index in [0.717, 1.165) is 5.56 Å². The lowest BCUT2D eigenvalue weighted by Crippen LogP contribution is -2.37. The van der Waals surface area contributed by atoms with Gasteiger partial charge in [-0.15, -0.1) is 0 Å². The second kappa shape index (κ2) is 9.17. The van der Waals surface area contributed by atoms with Crippen molar-refractivity contribution in [3.8, 4) is 0 Å². The van der Waals surface area contributed by atoms with Crippen LogP contribution in [0, 0.1) is 5.82 Å². The SMILES string of the molecule is CN=C(NCCCS(=O)(=O)c1ccccc1)NCc1ccc(F)cc1. The average Bonchev–Trinajstić information content (AvgIpc) is 2.63. The molecule has 0 fully saturated rings. The Morgan fingerprint density at radius 3 is 2.36 bits per heavy atom. The van der Waals surface area contributed by atoms with Crippen molar-refractivity contribution in [3.63, 3.8) is 0 Å². The molecule has 134 valence electrons. The van der Waals surface area contributed by atoms with Crippen LogP contribution in [-0.4, -0.2) is 33.7 Å². The Balaban J connectivity index is 1.75. The van der Waals surface area contributed by atoms with Gasteiger partial charge in [-0.2, -0.15) is 0 Å². The molecule has 0 bridgehead atoms. The van der Waals surface area contributed by atoms with Gasteiger partial charge in [-0.25, -0.2) is 12.8 Å². The van der Waals surface area contributed by atoms with Crippen LogP contribution in [0.15, 0.2) is 64.5 Å². The third-order valence-electron chi connectivity index (χ3n) is 3.58. The number of halogens is 1. The minimum absolute atomic E-state index is 0.0684. The van der Waals surface area contributed by atoms with Gasteiger partial charge in [0.05, 0.1) is 10.6 Å². The van der Waals surface area contributed by atoms with E-state index in [2.05, 4.69) is 15.6 Å². The zero-order valence-electron chi connectivity index (χ0n) is 14.1. The van der Waals surface area contributed by atoms with Crippen molar-refractivity contribution >= 4 is 15.8 Å². The number of hydrogen-bond donors (Lipinski definition) is 2. The normalized spacial score (nSPS) is 12.0. The predicted molar refractivity (Wildman–Crippen MR) is 97.7 cm³/mol. The van der Waals surface area contributed by atoms with Crippen molar-refractivity contribution in [2.75, 3.05) is 19.3 Å². The molecular formula is C18H22FN3O2S. The smallest absolute Gasteiger partial charge is 0.191 e. The van der Waals surface area contributed by atoms with Gasteiger partial charge in [0.2, 0.25) is 0 Å². The number of nitrogens with one attached hydrogen (secondary N) is 2. The van der Waals surface area contributed by atoms with E-state index in [1.807, 2.05) is 0 Å². The molecule has 0 aromatic heterocycles. The zero-order chi connectivity index (χ0) is 18.1. The molecule has 0 amide bonds. The molecule has 0 aliphatic heterocycles. The third kappa shape index (κ3) is 6.19.